The topological polar surface area (TPSA) is 69.6 Å². The van der Waals surface area contributed by atoms with Crippen molar-refractivity contribution in [2.45, 2.75) is 25.3 Å². The zero-order valence-corrected chi connectivity index (χ0v) is 14.3. The van der Waals surface area contributed by atoms with E-state index in [0.717, 1.165) is 11.1 Å². The second kappa shape index (κ2) is 6.40. The molecule has 0 atom stereocenters. The van der Waals surface area contributed by atoms with E-state index in [4.69, 9.17) is 5.11 Å². The van der Waals surface area contributed by atoms with E-state index in [1.165, 1.54) is 17.2 Å². The lowest BCUT2D eigenvalue weighted by atomic mass is 10.0. The fraction of sp³-hybridized carbons (Fsp3) is 0.389. The van der Waals surface area contributed by atoms with Gasteiger partial charge in [-0.1, -0.05) is 0 Å². The van der Waals surface area contributed by atoms with Crippen LogP contribution in [0.5, 0.6) is 0 Å². The number of hydrogen-bond donors (Lipinski definition) is 1. The minimum atomic E-state index is -2.77. The van der Waals surface area contributed by atoms with Crippen LogP contribution in [0.4, 0.5) is 24.7 Å². The van der Waals surface area contributed by atoms with Crippen molar-refractivity contribution in [2.24, 2.45) is 0 Å². The lowest BCUT2D eigenvalue weighted by Crippen LogP contribution is -2.32. The van der Waals surface area contributed by atoms with Gasteiger partial charge in [0.1, 0.15) is 11.5 Å². The highest BCUT2D eigenvalue weighted by Crippen LogP contribution is 2.33. The van der Waals surface area contributed by atoms with Gasteiger partial charge in [0.15, 0.2) is 0 Å². The molecule has 2 aromatic rings. The molecule has 1 fully saturated rings. The van der Waals surface area contributed by atoms with E-state index < -0.39 is 24.4 Å². The van der Waals surface area contributed by atoms with Gasteiger partial charge in [0.05, 0.1) is 6.54 Å². The molecule has 6 nitrogen and oxygen atoms in total. The first kappa shape index (κ1) is 17.6. The van der Waals surface area contributed by atoms with Crippen LogP contribution in [-0.4, -0.2) is 46.6 Å². The summed E-state index contributed by atoms with van der Waals surface area (Å²) < 4.78 is 41.0. The molecule has 2 aromatic heterocycles. The van der Waals surface area contributed by atoms with E-state index in [-0.39, 0.29) is 18.7 Å². The molecular weight excluding hydrogens is 361 g/mol. The van der Waals surface area contributed by atoms with Crippen molar-refractivity contribution < 1.29 is 23.1 Å². The number of nitrogens with zero attached hydrogens (tertiary/aromatic N) is 4. The molecule has 0 saturated carbocycles. The summed E-state index contributed by atoms with van der Waals surface area (Å²) in [4.78, 5) is 22.2. The maximum atomic E-state index is 14.0. The molecule has 1 saturated heterocycles. The summed E-state index contributed by atoms with van der Waals surface area (Å²) >= 11 is 0. The molecule has 4 heterocycles. The highest BCUT2D eigenvalue weighted by Gasteiger charge is 2.38. The van der Waals surface area contributed by atoms with Crippen molar-refractivity contribution in [3.05, 3.63) is 47.2 Å². The first-order valence-corrected chi connectivity index (χ1v) is 8.57. The Labute approximate surface area is 153 Å². The second-order valence-electron chi connectivity index (χ2n) is 6.85. The number of aromatic carboxylic acids is 1. The summed E-state index contributed by atoms with van der Waals surface area (Å²) in [7, 11) is 0. The largest absolute Gasteiger partial charge is 0.477 e. The summed E-state index contributed by atoms with van der Waals surface area (Å²) in [5.74, 6) is -4.20. The Morgan fingerprint density at radius 3 is 2.67 bits per heavy atom. The molecule has 2 aliphatic heterocycles. The smallest absolute Gasteiger partial charge is 0.354 e. The first-order chi connectivity index (χ1) is 12.8. The molecule has 0 aliphatic carbocycles. The third-order valence-corrected chi connectivity index (χ3v) is 4.94. The van der Waals surface area contributed by atoms with Crippen LogP contribution in [0.1, 0.15) is 28.0 Å². The standard InChI is InChI=1S/C18H17F3N4O2/c19-15-6-13(25-4-2-18(20,21)10-25)7-16(23-15)24-3-1-11-5-14(17(26)27)22-8-12(11)9-24/h5-8H,1-4,9-10H2,(H,26,27). The van der Waals surface area contributed by atoms with E-state index in [1.54, 1.807) is 12.1 Å². The van der Waals surface area contributed by atoms with Crippen LogP contribution in [0.25, 0.3) is 0 Å². The van der Waals surface area contributed by atoms with Crippen LogP contribution in [-0.2, 0) is 13.0 Å². The van der Waals surface area contributed by atoms with Gasteiger partial charge in [-0.05, 0) is 23.6 Å². The SMILES string of the molecule is O=C(O)c1cc2c(cn1)CN(c1cc(N3CCC(F)(F)C3)cc(F)n1)CC2. The van der Waals surface area contributed by atoms with Crippen molar-refractivity contribution >= 4 is 17.5 Å². The summed E-state index contributed by atoms with van der Waals surface area (Å²) in [6, 6.07) is 4.34. The van der Waals surface area contributed by atoms with Gasteiger partial charge in [0.25, 0.3) is 5.92 Å². The number of rotatable bonds is 3. The molecule has 9 heteroatoms. The van der Waals surface area contributed by atoms with Gasteiger partial charge in [-0.15, -0.1) is 0 Å². The van der Waals surface area contributed by atoms with Crippen molar-refractivity contribution in [2.75, 3.05) is 29.4 Å². The molecule has 0 unspecified atom stereocenters. The number of alkyl halides is 2. The summed E-state index contributed by atoms with van der Waals surface area (Å²) in [6.07, 6.45) is 1.82. The van der Waals surface area contributed by atoms with E-state index in [1.807, 2.05) is 4.90 Å². The van der Waals surface area contributed by atoms with Gasteiger partial charge >= 0.3 is 5.97 Å². The summed E-state index contributed by atoms with van der Waals surface area (Å²) in [5, 5.41) is 9.04. The average Bonchev–Trinajstić information content (AvgIpc) is 3.00. The third-order valence-electron chi connectivity index (χ3n) is 4.94. The molecule has 0 bridgehead atoms. The van der Waals surface area contributed by atoms with Crippen LogP contribution >= 0.6 is 0 Å². The number of aromatic nitrogens is 2. The highest BCUT2D eigenvalue weighted by molar-refractivity contribution is 5.85. The number of pyridine rings is 2. The fourth-order valence-corrected chi connectivity index (χ4v) is 3.52. The number of halogens is 3. The van der Waals surface area contributed by atoms with Gasteiger partial charge < -0.3 is 14.9 Å². The monoisotopic (exact) mass is 378 g/mol. The first-order valence-electron chi connectivity index (χ1n) is 8.57. The Bertz CT molecular complexity index is 906. The number of carbonyl (C=O) groups is 1. The van der Waals surface area contributed by atoms with Crippen LogP contribution < -0.4 is 9.80 Å². The molecule has 0 spiro atoms. The molecule has 142 valence electrons. The van der Waals surface area contributed by atoms with Crippen molar-refractivity contribution in [3.63, 3.8) is 0 Å². The number of fused-ring (bicyclic) bond motifs is 1. The third kappa shape index (κ3) is 3.54. The molecule has 27 heavy (non-hydrogen) atoms. The maximum Gasteiger partial charge on any atom is 0.354 e. The van der Waals surface area contributed by atoms with Crippen LogP contribution in [0.15, 0.2) is 24.4 Å². The molecule has 4 rings (SSSR count). The Hall–Kier alpha value is -2.84. The van der Waals surface area contributed by atoms with E-state index >= 15 is 0 Å². The number of carboxylic acids is 1. The van der Waals surface area contributed by atoms with Crippen LogP contribution in [0.3, 0.4) is 0 Å². The Kier molecular flexibility index (Phi) is 4.16. The second-order valence-corrected chi connectivity index (χ2v) is 6.85. The average molecular weight is 378 g/mol. The van der Waals surface area contributed by atoms with Crippen LogP contribution in [0, 0.1) is 5.95 Å². The van der Waals surface area contributed by atoms with Gasteiger partial charge in [-0.2, -0.15) is 4.39 Å². The molecular formula is C18H17F3N4O2. The number of hydrogen-bond acceptors (Lipinski definition) is 5. The molecule has 0 aromatic carbocycles. The minimum absolute atomic E-state index is 0.0108. The lowest BCUT2D eigenvalue weighted by Gasteiger charge is -2.30. The van der Waals surface area contributed by atoms with E-state index in [9.17, 15) is 18.0 Å². The van der Waals surface area contributed by atoms with Gasteiger partial charge in [-0.3, -0.25) is 0 Å². The predicted molar refractivity (Wildman–Crippen MR) is 91.9 cm³/mol. The lowest BCUT2D eigenvalue weighted by molar-refractivity contribution is 0.0257. The van der Waals surface area contributed by atoms with Crippen molar-refractivity contribution in [1.29, 1.82) is 0 Å². The highest BCUT2D eigenvalue weighted by atomic mass is 19.3. The van der Waals surface area contributed by atoms with E-state index in [2.05, 4.69) is 9.97 Å². The maximum absolute atomic E-state index is 14.0. The van der Waals surface area contributed by atoms with Gasteiger partial charge in [0.2, 0.25) is 5.95 Å². The van der Waals surface area contributed by atoms with Crippen molar-refractivity contribution in [1.82, 2.24) is 9.97 Å². The molecule has 1 N–H and O–H groups in total. The molecule has 0 amide bonds. The fourth-order valence-electron chi connectivity index (χ4n) is 3.52. The number of anilines is 2. The quantitative estimate of drug-likeness (QED) is 0.829. The molecule has 2 aliphatic rings. The summed E-state index contributed by atoms with van der Waals surface area (Å²) in [5.41, 5.74) is 2.10. The van der Waals surface area contributed by atoms with Gasteiger partial charge in [-0.25, -0.2) is 23.5 Å². The number of carboxylic acid groups (broad SMARTS) is 1. The zero-order chi connectivity index (χ0) is 19.2. The molecule has 0 radical (unpaired) electrons. The zero-order valence-electron chi connectivity index (χ0n) is 14.3. The van der Waals surface area contributed by atoms with Gasteiger partial charge in [0, 0.05) is 50.1 Å². The minimum Gasteiger partial charge on any atom is -0.477 e. The summed E-state index contributed by atoms with van der Waals surface area (Å²) in [6.45, 7) is 0.650. The Morgan fingerprint density at radius 2 is 1.96 bits per heavy atom. The van der Waals surface area contributed by atoms with Crippen LogP contribution in [0.2, 0.25) is 0 Å². The predicted octanol–water partition coefficient (Wildman–Crippen LogP) is 2.72. The normalized spacial score (nSPS) is 18.5. The Balaban J connectivity index is 1.58. The van der Waals surface area contributed by atoms with Crippen molar-refractivity contribution in [3.8, 4) is 0 Å². The van der Waals surface area contributed by atoms with E-state index in [0.29, 0.717) is 31.0 Å². The Morgan fingerprint density at radius 1 is 1.15 bits per heavy atom.